The Labute approximate surface area is 182 Å². The van der Waals surface area contributed by atoms with Crippen molar-refractivity contribution in [3.05, 3.63) is 65.9 Å². The van der Waals surface area contributed by atoms with E-state index in [0.717, 1.165) is 6.20 Å². The van der Waals surface area contributed by atoms with E-state index in [1.54, 1.807) is 32.2 Å². The lowest BCUT2D eigenvalue weighted by Crippen LogP contribution is -2.29. The first-order valence-corrected chi connectivity index (χ1v) is 9.75. The fourth-order valence-electron chi connectivity index (χ4n) is 3.49. The van der Waals surface area contributed by atoms with Gasteiger partial charge in [0.1, 0.15) is 12.3 Å². The van der Waals surface area contributed by atoms with E-state index in [1.807, 2.05) is 0 Å². The molecule has 3 heterocycles. The van der Waals surface area contributed by atoms with Crippen LogP contribution in [0.4, 0.5) is 17.6 Å². The highest BCUT2D eigenvalue weighted by Gasteiger charge is 2.38. The Morgan fingerprint density at radius 2 is 2.09 bits per heavy atom. The van der Waals surface area contributed by atoms with Crippen molar-refractivity contribution >= 4 is 5.91 Å². The first kappa shape index (κ1) is 23.2. The van der Waals surface area contributed by atoms with Gasteiger partial charge in [-0.2, -0.15) is 13.2 Å². The van der Waals surface area contributed by atoms with Crippen molar-refractivity contribution in [2.75, 3.05) is 6.54 Å². The molecule has 0 aromatic carbocycles. The maximum atomic E-state index is 13.2. The van der Waals surface area contributed by atoms with Gasteiger partial charge in [-0.05, 0) is 37.6 Å². The van der Waals surface area contributed by atoms with Crippen molar-refractivity contribution in [2.45, 2.75) is 39.3 Å². The van der Waals surface area contributed by atoms with Gasteiger partial charge in [0.15, 0.2) is 0 Å². The summed E-state index contributed by atoms with van der Waals surface area (Å²) < 4.78 is 55.6. The molecular weight excluding hydrogens is 428 g/mol. The lowest BCUT2D eigenvalue weighted by molar-refractivity contribution is -0.122. The number of aryl methyl sites for hydroxylation is 1. The number of ether oxygens (including phenoxy) is 1. The van der Waals surface area contributed by atoms with Crippen LogP contribution in [-0.2, 0) is 0 Å². The minimum absolute atomic E-state index is 0.194. The molecule has 32 heavy (non-hydrogen) atoms. The normalized spacial score (nSPS) is 17.2. The number of rotatable bonds is 7. The monoisotopic (exact) mass is 450 g/mol. The number of halogens is 4. The number of alkyl halides is 4. The Morgan fingerprint density at radius 3 is 2.72 bits per heavy atom. The van der Waals surface area contributed by atoms with E-state index in [9.17, 15) is 22.4 Å². The zero-order chi connectivity index (χ0) is 23.6. The fourth-order valence-corrected chi connectivity index (χ4v) is 3.49. The van der Waals surface area contributed by atoms with Gasteiger partial charge >= 0.3 is 6.18 Å². The Balaban J connectivity index is 1.96. The second-order valence-electron chi connectivity index (χ2n) is 7.28. The molecule has 6 nitrogen and oxygen atoms in total. The van der Waals surface area contributed by atoms with Gasteiger partial charge in [-0.25, -0.2) is 9.37 Å². The molecule has 1 aliphatic heterocycles. The molecule has 2 aromatic heterocycles. The van der Waals surface area contributed by atoms with Gasteiger partial charge in [0.2, 0.25) is 6.36 Å². The largest absolute Gasteiger partial charge is 0.459 e. The number of carbonyl (C=O) groups excluding carboxylic acids is 1. The van der Waals surface area contributed by atoms with E-state index >= 15 is 0 Å². The van der Waals surface area contributed by atoms with Crippen molar-refractivity contribution in [1.82, 2.24) is 20.2 Å². The van der Waals surface area contributed by atoms with Crippen LogP contribution >= 0.6 is 0 Å². The molecule has 170 valence electrons. The molecule has 2 atom stereocenters. The molecule has 10 heteroatoms. The molecule has 0 saturated carbocycles. The zero-order valence-electron chi connectivity index (χ0n) is 17.7. The summed E-state index contributed by atoms with van der Waals surface area (Å²) in [7, 11) is 0. The van der Waals surface area contributed by atoms with Crippen LogP contribution in [-0.4, -0.2) is 39.9 Å². The van der Waals surface area contributed by atoms with Gasteiger partial charge in [0.25, 0.3) is 5.91 Å². The summed E-state index contributed by atoms with van der Waals surface area (Å²) in [5, 5.41) is 2.17. The predicted octanol–water partition coefficient (Wildman–Crippen LogP) is 4.84. The Bertz CT molecular complexity index is 1070. The average Bonchev–Trinajstić information content (AvgIpc) is 2.95. The quantitative estimate of drug-likeness (QED) is 0.483. The van der Waals surface area contributed by atoms with Crippen LogP contribution < -0.4 is 10.1 Å². The highest BCUT2D eigenvalue weighted by Crippen LogP contribution is 2.38. The second kappa shape index (κ2) is 8.97. The molecule has 0 spiro atoms. The second-order valence-corrected chi connectivity index (χ2v) is 7.28. The molecule has 0 radical (unpaired) electrons. The summed E-state index contributed by atoms with van der Waals surface area (Å²) in [6, 6.07) is 2.74. The van der Waals surface area contributed by atoms with Gasteiger partial charge in [-0.15, -0.1) is 0 Å². The molecule has 0 fully saturated rings. The number of carbonyl (C=O) groups is 1. The molecule has 0 bridgehead atoms. The van der Waals surface area contributed by atoms with Crippen molar-refractivity contribution in [3.63, 3.8) is 0 Å². The van der Waals surface area contributed by atoms with Gasteiger partial charge < -0.3 is 10.1 Å². The standard InChI is InChI=1S/C22H22F4N4O2/c1-5-16(9-28-11-22(24,25)26)30-13(3)20-19(21(30)31)12(2)6-18(29-20)15-7-17(10-27-8-15)32-14(4)23/h5-10,13-14,28H,1,11H2,2-4H3/b16-9+. The minimum Gasteiger partial charge on any atom is -0.459 e. The molecule has 1 aliphatic rings. The van der Waals surface area contributed by atoms with Crippen LogP contribution in [0.25, 0.3) is 11.3 Å². The highest BCUT2D eigenvalue weighted by molar-refractivity contribution is 6.01. The number of nitrogens with zero attached hydrogens (tertiary/aromatic N) is 3. The topological polar surface area (TPSA) is 67.4 Å². The Morgan fingerprint density at radius 1 is 1.38 bits per heavy atom. The molecule has 2 aromatic rings. The number of fused-ring (bicyclic) bond motifs is 1. The first-order valence-electron chi connectivity index (χ1n) is 9.75. The fraction of sp³-hybridized carbons (Fsp3) is 0.318. The number of nitrogens with one attached hydrogen (secondary N) is 1. The SMILES string of the molecule is C=C/C(=C\NCC(F)(F)F)N1C(=O)c2c(C)cc(-c3cncc(OC(C)F)c3)nc2C1C. The predicted molar refractivity (Wildman–Crippen MR) is 110 cm³/mol. The highest BCUT2D eigenvalue weighted by atomic mass is 19.4. The number of hydrogen-bond donors (Lipinski definition) is 1. The number of pyridine rings is 2. The Hall–Kier alpha value is -3.43. The first-order chi connectivity index (χ1) is 15.0. The van der Waals surface area contributed by atoms with E-state index in [1.165, 1.54) is 24.1 Å². The number of hydrogen-bond acceptors (Lipinski definition) is 5. The van der Waals surface area contributed by atoms with Crippen LogP contribution in [0.5, 0.6) is 5.75 Å². The smallest absolute Gasteiger partial charge is 0.405 e. The van der Waals surface area contributed by atoms with Crippen LogP contribution in [0.1, 0.15) is 41.5 Å². The van der Waals surface area contributed by atoms with Gasteiger partial charge in [-0.1, -0.05) is 6.58 Å². The minimum atomic E-state index is -4.40. The van der Waals surface area contributed by atoms with Crippen molar-refractivity contribution in [1.29, 1.82) is 0 Å². The zero-order valence-corrected chi connectivity index (χ0v) is 17.7. The molecule has 0 aliphatic carbocycles. The summed E-state index contributed by atoms with van der Waals surface area (Å²) in [6.45, 7) is 7.10. The van der Waals surface area contributed by atoms with Gasteiger partial charge in [0, 0.05) is 24.9 Å². The van der Waals surface area contributed by atoms with E-state index in [4.69, 9.17) is 4.74 Å². The maximum absolute atomic E-state index is 13.2. The van der Waals surface area contributed by atoms with E-state index in [2.05, 4.69) is 21.9 Å². The maximum Gasteiger partial charge on any atom is 0.405 e. The number of allylic oxidation sites excluding steroid dienone is 1. The van der Waals surface area contributed by atoms with Crippen LogP contribution in [0.3, 0.4) is 0 Å². The third-order valence-electron chi connectivity index (χ3n) is 4.81. The molecular formula is C22H22F4N4O2. The van der Waals surface area contributed by atoms with E-state index in [0.29, 0.717) is 28.1 Å². The number of amides is 1. The van der Waals surface area contributed by atoms with Crippen molar-refractivity contribution in [3.8, 4) is 17.0 Å². The summed E-state index contributed by atoms with van der Waals surface area (Å²) in [5.74, 6) is -0.152. The summed E-state index contributed by atoms with van der Waals surface area (Å²) in [6.07, 6.45) is -0.570. The van der Waals surface area contributed by atoms with E-state index in [-0.39, 0.29) is 17.4 Å². The molecule has 1 amide bonds. The molecule has 0 saturated heterocycles. The van der Waals surface area contributed by atoms with Gasteiger partial charge in [-0.3, -0.25) is 14.7 Å². The molecule has 1 N–H and O–H groups in total. The average molecular weight is 450 g/mol. The van der Waals surface area contributed by atoms with Gasteiger partial charge in [0.05, 0.1) is 34.9 Å². The van der Waals surface area contributed by atoms with E-state index < -0.39 is 25.1 Å². The molecule has 3 rings (SSSR count). The summed E-state index contributed by atoms with van der Waals surface area (Å²) in [4.78, 5) is 23.1. The van der Waals surface area contributed by atoms with Crippen LogP contribution in [0, 0.1) is 6.92 Å². The third-order valence-corrected chi connectivity index (χ3v) is 4.81. The van der Waals surface area contributed by atoms with Crippen molar-refractivity contribution in [2.24, 2.45) is 0 Å². The third kappa shape index (κ3) is 4.90. The summed E-state index contributed by atoms with van der Waals surface area (Å²) in [5.41, 5.74) is 2.76. The molecule has 2 unspecified atom stereocenters. The number of aromatic nitrogens is 2. The lowest BCUT2D eigenvalue weighted by Gasteiger charge is -2.23. The summed E-state index contributed by atoms with van der Waals surface area (Å²) >= 11 is 0. The van der Waals surface area contributed by atoms with Crippen LogP contribution in [0.2, 0.25) is 0 Å². The van der Waals surface area contributed by atoms with Crippen LogP contribution in [0.15, 0.2) is 49.1 Å². The Kier molecular flexibility index (Phi) is 6.52. The lowest BCUT2D eigenvalue weighted by atomic mass is 10.0. The van der Waals surface area contributed by atoms with Crippen molar-refractivity contribution < 1.29 is 27.1 Å².